The van der Waals surface area contributed by atoms with Crippen LogP contribution < -0.4 is 26.2 Å². The molecule has 13 nitrogen and oxygen atoms in total. The molecule has 3 heterocycles. The van der Waals surface area contributed by atoms with Gasteiger partial charge in [-0.1, -0.05) is 132 Å². The number of hydrogen-bond acceptors (Lipinski definition) is 8. The lowest BCUT2D eigenvalue weighted by Crippen LogP contribution is -2.48. The highest BCUT2D eigenvalue weighted by molar-refractivity contribution is 5.99. The molecule has 2 aliphatic heterocycles. The molecular weight excluding hydrogens is 807 g/mol. The molecule has 13 heteroatoms. The van der Waals surface area contributed by atoms with Crippen LogP contribution in [0.25, 0.3) is 11.1 Å². The molecule has 0 unspecified atom stereocenters. The molecule has 8 rings (SSSR count). The van der Waals surface area contributed by atoms with Crippen LogP contribution in [0.5, 0.6) is 0 Å². The predicted molar refractivity (Wildman–Crippen MR) is 248 cm³/mol. The zero-order valence-corrected chi connectivity index (χ0v) is 37.6. The van der Waals surface area contributed by atoms with Crippen molar-refractivity contribution in [2.45, 2.75) is 126 Å². The Morgan fingerprint density at radius 3 is 1.80 bits per heavy atom. The van der Waals surface area contributed by atoms with Crippen LogP contribution >= 0.6 is 0 Å². The highest BCUT2D eigenvalue weighted by Gasteiger charge is 2.49. The maximum atomic E-state index is 14.2. The van der Waals surface area contributed by atoms with Crippen LogP contribution in [0.15, 0.2) is 83.3 Å². The van der Waals surface area contributed by atoms with E-state index in [2.05, 4.69) is 52.5 Å². The fraction of sp³-hybridized carbons (Fsp3) is 0.549. The predicted octanol–water partition coefficient (Wildman–Crippen LogP) is 7.67. The van der Waals surface area contributed by atoms with Crippen molar-refractivity contribution in [2.24, 2.45) is 11.8 Å². The standard InChI is InChI=1S/C51H67N7O6/c1-3-4-5-6-7-8-9-10-11-12-19-26-52-50(62)55-44-32-58(33-46(44)63-2)51-56-41-25-24-36(27-45(41)64-51)49(61)57-30-39(47(59)53-42-28-37(42)34-20-15-13-16-21-34)40(31-57)48(60)54-43-29-38(43)35-22-17-14-18-23-35/h13-18,20-25,27,37-40,42-44,46H,3-12,19,26,28-33H2,1-2H3,(H,53,59)(H,54,60)(H2,52,55,62)/t37-,38-,39-,40-,42+,43+,44+,46+/m1/s1. The largest absolute Gasteiger partial charge is 0.423 e. The van der Waals surface area contributed by atoms with E-state index < -0.39 is 11.8 Å². The minimum absolute atomic E-state index is 0.000587. The number of ether oxygens (including phenoxy) is 1. The number of rotatable bonds is 22. The fourth-order valence-electron chi connectivity index (χ4n) is 9.81. The Kier molecular flexibility index (Phi) is 15.2. The van der Waals surface area contributed by atoms with Gasteiger partial charge >= 0.3 is 6.03 Å². The second kappa shape index (κ2) is 21.5. The lowest BCUT2D eigenvalue weighted by Gasteiger charge is -2.18. The van der Waals surface area contributed by atoms with Crippen molar-refractivity contribution in [3.63, 3.8) is 0 Å². The van der Waals surface area contributed by atoms with E-state index in [4.69, 9.17) is 14.1 Å². The highest BCUT2D eigenvalue weighted by Crippen LogP contribution is 2.43. The Morgan fingerprint density at radius 1 is 0.672 bits per heavy atom. The quantitative estimate of drug-likeness (QED) is 0.0586. The summed E-state index contributed by atoms with van der Waals surface area (Å²) < 4.78 is 12.0. The lowest BCUT2D eigenvalue weighted by molar-refractivity contribution is -0.133. The van der Waals surface area contributed by atoms with Gasteiger partial charge in [-0.05, 0) is 48.6 Å². The summed E-state index contributed by atoms with van der Waals surface area (Å²) in [5.41, 5.74) is 3.79. The van der Waals surface area contributed by atoms with Crippen molar-refractivity contribution in [1.29, 1.82) is 0 Å². The van der Waals surface area contributed by atoms with Crippen LogP contribution in [-0.2, 0) is 14.3 Å². The molecule has 4 aliphatic rings. The smallest absolute Gasteiger partial charge is 0.315 e. The van der Waals surface area contributed by atoms with Gasteiger partial charge in [0.2, 0.25) is 11.8 Å². The third-order valence-electron chi connectivity index (χ3n) is 13.8. The van der Waals surface area contributed by atoms with Gasteiger partial charge in [0.05, 0.1) is 30.5 Å². The number of amides is 5. The number of carbonyl (C=O) groups is 4. The van der Waals surface area contributed by atoms with Crippen molar-refractivity contribution in [3.8, 4) is 0 Å². The van der Waals surface area contributed by atoms with Gasteiger partial charge in [-0.15, -0.1) is 0 Å². The second-order valence-corrected chi connectivity index (χ2v) is 18.6. The molecule has 4 fully saturated rings. The number of benzene rings is 3. The van der Waals surface area contributed by atoms with Gasteiger partial charge in [0.1, 0.15) is 5.52 Å². The summed E-state index contributed by atoms with van der Waals surface area (Å²) in [6, 6.07) is 25.3. The number of nitrogens with one attached hydrogen (secondary N) is 4. The maximum Gasteiger partial charge on any atom is 0.315 e. The van der Waals surface area contributed by atoms with Crippen LogP contribution in [0.4, 0.5) is 10.8 Å². The van der Waals surface area contributed by atoms with Crippen LogP contribution in [0.3, 0.4) is 0 Å². The number of hydrogen-bond donors (Lipinski definition) is 4. The van der Waals surface area contributed by atoms with Crippen LogP contribution in [0.1, 0.15) is 124 Å². The first-order valence-electron chi connectivity index (χ1n) is 24.0. The maximum absolute atomic E-state index is 14.2. The van der Waals surface area contributed by atoms with Crippen LogP contribution in [0, 0.1) is 11.8 Å². The molecule has 5 amide bonds. The van der Waals surface area contributed by atoms with E-state index in [1.54, 1.807) is 30.2 Å². The van der Waals surface area contributed by atoms with Crippen LogP contribution in [0.2, 0.25) is 0 Å². The molecule has 2 saturated heterocycles. The first-order chi connectivity index (χ1) is 31.3. The van der Waals surface area contributed by atoms with E-state index in [1.165, 1.54) is 68.9 Å². The van der Waals surface area contributed by atoms with E-state index in [9.17, 15) is 19.2 Å². The molecule has 0 spiro atoms. The van der Waals surface area contributed by atoms with Gasteiger partial charge < -0.3 is 40.2 Å². The van der Waals surface area contributed by atoms with Crippen molar-refractivity contribution >= 4 is 40.9 Å². The Balaban J connectivity index is 0.843. The average molecular weight is 874 g/mol. The summed E-state index contributed by atoms with van der Waals surface area (Å²) in [7, 11) is 1.64. The minimum atomic E-state index is -0.687. The molecule has 64 heavy (non-hydrogen) atoms. The number of oxazole rings is 1. The van der Waals surface area contributed by atoms with E-state index in [0.29, 0.717) is 42.3 Å². The number of methoxy groups -OCH3 is 1. The van der Waals surface area contributed by atoms with E-state index in [1.807, 2.05) is 41.3 Å². The number of fused-ring (bicyclic) bond motifs is 1. The number of nitrogens with zero attached hydrogens (tertiary/aromatic N) is 3. The summed E-state index contributed by atoms with van der Waals surface area (Å²) in [5, 5.41) is 12.5. The first-order valence-corrected chi connectivity index (χ1v) is 24.0. The fourth-order valence-corrected chi connectivity index (χ4v) is 9.81. The van der Waals surface area contributed by atoms with Gasteiger partial charge in [0.15, 0.2) is 5.58 Å². The zero-order chi connectivity index (χ0) is 44.4. The normalized spacial score (nSPS) is 24.7. The topological polar surface area (TPSA) is 158 Å². The summed E-state index contributed by atoms with van der Waals surface area (Å²) in [6.45, 7) is 4.06. The molecule has 2 aliphatic carbocycles. The molecule has 1 aromatic heterocycles. The zero-order valence-electron chi connectivity index (χ0n) is 37.6. The summed E-state index contributed by atoms with van der Waals surface area (Å²) in [6.07, 6.45) is 15.3. The average Bonchev–Trinajstić information content (AvgIpc) is 4.07. The molecule has 8 atom stereocenters. The van der Waals surface area contributed by atoms with Crippen molar-refractivity contribution < 1.29 is 28.3 Å². The molecule has 342 valence electrons. The molecule has 4 N–H and O–H groups in total. The van der Waals surface area contributed by atoms with Gasteiger partial charge in [0, 0.05) is 62.8 Å². The van der Waals surface area contributed by atoms with Gasteiger partial charge in [-0.2, -0.15) is 4.98 Å². The number of anilines is 1. The lowest BCUT2D eigenvalue weighted by atomic mass is 9.94. The number of urea groups is 1. The van der Waals surface area contributed by atoms with Crippen molar-refractivity contribution in [1.82, 2.24) is 31.2 Å². The summed E-state index contributed by atoms with van der Waals surface area (Å²) in [5.74, 6) is -1.56. The summed E-state index contributed by atoms with van der Waals surface area (Å²) >= 11 is 0. The Morgan fingerprint density at radius 2 is 1.23 bits per heavy atom. The first kappa shape index (κ1) is 45.1. The third-order valence-corrected chi connectivity index (χ3v) is 13.8. The molecule has 4 aromatic rings. The van der Waals surface area contributed by atoms with Gasteiger partial charge in [-0.25, -0.2) is 4.79 Å². The number of carbonyl (C=O) groups excluding carboxylic acids is 4. The Labute approximate surface area is 377 Å². The monoisotopic (exact) mass is 874 g/mol. The summed E-state index contributed by atoms with van der Waals surface area (Å²) in [4.78, 5) is 63.3. The van der Waals surface area contributed by atoms with Gasteiger partial charge in [-0.3, -0.25) is 14.4 Å². The number of likely N-dealkylation sites (tertiary alicyclic amines) is 1. The Hall–Kier alpha value is -5.43. The van der Waals surface area contributed by atoms with E-state index in [-0.39, 0.29) is 72.9 Å². The van der Waals surface area contributed by atoms with Crippen LogP contribution in [-0.4, -0.2) is 97.7 Å². The molecular formula is C51H67N7O6. The second-order valence-electron chi connectivity index (χ2n) is 18.6. The highest BCUT2D eigenvalue weighted by atomic mass is 16.5. The van der Waals surface area contributed by atoms with Crippen molar-refractivity contribution in [2.75, 3.05) is 44.7 Å². The molecule has 3 aromatic carbocycles. The molecule has 0 bridgehead atoms. The van der Waals surface area contributed by atoms with E-state index in [0.717, 1.165) is 25.7 Å². The minimum Gasteiger partial charge on any atom is -0.423 e. The van der Waals surface area contributed by atoms with E-state index >= 15 is 0 Å². The SMILES string of the molecule is CCCCCCCCCCCCCNC(=O)N[C@H]1CN(c2nc3ccc(C(=O)N4C[C@@H](C(=O)N[C@H]5C[C@@H]5c5ccccc5)[C@H](C(=O)N[C@H]5C[C@@H]5c5ccccc5)C4)cc3o2)C[C@@H]1OC. The van der Waals surface area contributed by atoms with Crippen molar-refractivity contribution in [3.05, 3.63) is 95.6 Å². The number of unbranched alkanes of at least 4 members (excludes halogenated alkanes) is 10. The number of aromatic nitrogens is 1. The molecule has 2 saturated carbocycles. The third kappa shape index (κ3) is 11.4. The van der Waals surface area contributed by atoms with Gasteiger partial charge in [0.25, 0.3) is 11.9 Å². The molecule has 0 radical (unpaired) electrons. The Bertz CT molecular complexity index is 2110.